The number of hydrogen-bond donors (Lipinski definition) is 1. The van der Waals surface area contributed by atoms with Crippen molar-refractivity contribution in [3.8, 4) is 6.07 Å². The number of nitriles is 1. The molecule has 1 aliphatic heterocycles. The minimum Gasteiger partial charge on any atom is -0.355 e. The molecule has 2 aromatic rings. The summed E-state index contributed by atoms with van der Waals surface area (Å²) in [5.41, 5.74) is 1.03. The zero-order valence-corrected chi connectivity index (χ0v) is 15.0. The monoisotopic (exact) mass is 357 g/mol. The average molecular weight is 357 g/mol. The summed E-state index contributed by atoms with van der Waals surface area (Å²) in [6, 6.07) is 3.96. The van der Waals surface area contributed by atoms with Gasteiger partial charge in [-0.25, -0.2) is 9.97 Å². The second-order valence-electron chi connectivity index (χ2n) is 5.78. The Morgan fingerprint density at radius 1 is 1.44 bits per heavy atom. The maximum absolute atomic E-state index is 12.3. The van der Waals surface area contributed by atoms with Crippen molar-refractivity contribution >= 4 is 23.5 Å². The van der Waals surface area contributed by atoms with Crippen molar-refractivity contribution in [3.05, 3.63) is 29.7 Å². The fourth-order valence-corrected chi connectivity index (χ4v) is 3.20. The van der Waals surface area contributed by atoms with Crippen LogP contribution in [0.3, 0.4) is 0 Å². The number of piperidine rings is 1. The van der Waals surface area contributed by atoms with Crippen molar-refractivity contribution in [1.29, 1.82) is 5.26 Å². The number of nitrogens with one attached hydrogen (secondary N) is 1. The normalized spacial score (nSPS) is 15.0. The molecule has 0 unspecified atom stereocenters. The van der Waals surface area contributed by atoms with Crippen LogP contribution in [0.4, 0.5) is 5.82 Å². The van der Waals surface area contributed by atoms with Crippen molar-refractivity contribution in [2.45, 2.75) is 24.0 Å². The van der Waals surface area contributed by atoms with E-state index in [0.717, 1.165) is 25.9 Å². The molecule has 3 rings (SSSR count). The number of rotatable bonds is 4. The number of hydrogen-bond acceptors (Lipinski definition) is 7. The van der Waals surface area contributed by atoms with Gasteiger partial charge in [-0.1, -0.05) is 11.8 Å². The Hall–Kier alpha value is -2.60. The summed E-state index contributed by atoms with van der Waals surface area (Å²) < 4.78 is 1.56. The van der Waals surface area contributed by atoms with E-state index in [2.05, 4.69) is 31.4 Å². The minimum atomic E-state index is -0.108. The summed E-state index contributed by atoms with van der Waals surface area (Å²) in [4.78, 5) is 23.0. The Labute approximate surface area is 150 Å². The van der Waals surface area contributed by atoms with Gasteiger partial charge in [-0.3, -0.25) is 9.48 Å². The molecular weight excluding hydrogens is 338 g/mol. The van der Waals surface area contributed by atoms with Gasteiger partial charge in [-0.15, -0.1) is 0 Å². The van der Waals surface area contributed by atoms with E-state index in [1.165, 1.54) is 11.8 Å². The number of carbonyl (C=O) groups excluding carboxylic acids is 1. The molecule has 130 valence electrons. The first-order chi connectivity index (χ1) is 12.1. The fourth-order valence-electron chi connectivity index (χ4n) is 2.87. The Balaban J connectivity index is 1.63. The van der Waals surface area contributed by atoms with Crippen LogP contribution in [0, 0.1) is 11.3 Å². The van der Waals surface area contributed by atoms with Crippen LogP contribution in [0.25, 0.3) is 0 Å². The Bertz CT molecular complexity index is 805. The highest BCUT2D eigenvalue weighted by Crippen LogP contribution is 2.23. The first-order valence-corrected chi connectivity index (χ1v) is 9.19. The largest absolute Gasteiger partial charge is 0.355 e. The summed E-state index contributed by atoms with van der Waals surface area (Å²) in [6.45, 7) is 1.46. The molecular formula is C16H19N7OS. The second-order valence-corrected chi connectivity index (χ2v) is 6.55. The number of nitrogens with zero attached hydrogens (tertiary/aromatic N) is 6. The summed E-state index contributed by atoms with van der Waals surface area (Å²) in [6.07, 6.45) is 6.69. The van der Waals surface area contributed by atoms with Crippen LogP contribution < -0.4 is 10.2 Å². The Morgan fingerprint density at radius 3 is 2.80 bits per heavy atom. The number of carbonyl (C=O) groups is 1. The topological polar surface area (TPSA) is 99.7 Å². The van der Waals surface area contributed by atoms with Crippen molar-refractivity contribution < 1.29 is 4.79 Å². The molecule has 25 heavy (non-hydrogen) atoms. The van der Waals surface area contributed by atoms with Gasteiger partial charge >= 0.3 is 0 Å². The van der Waals surface area contributed by atoms with Gasteiger partial charge < -0.3 is 10.2 Å². The molecule has 0 radical (unpaired) electrons. The first-order valence-electron chi connectivity index (χ1n) is 7.97. The number of anilines is 1. The third-order valence-electron chi connectivity index (χ3n) is 4.23. The van der Waals surface area contributed by atoms with Gasteiger partial charge in [-0.2, -0.15) is 10.4 Å². The lowest BCUT2D eigenvalue weighted by Gasteiger charge is -2.33. The molecule has 0 aromatic carbocycles. The lowest BCUT2D eigenvalue weighted by molar-refractivity contribution is 0.0921. The van der Waals surface area contributed by atoms with E-state index in [4.69, 9.17) is 0 Å². The highest BCUT2D eigenvalue weighted by Gasteiger charge is 2.24. The number of aryl methyl sites for hydroxylation is 1. The van der Waals surface area contributed by atoms with E-state index in [-0.39, 0.29) is 11.9 Å². The zero-order chi connectivity index (χ0) is 17.8. The molecule has 0 aliphatic carbocycles. The molecule has 1 N–H and O–H groups in total. The van der Waals surface area contributed by atoms with E-state index in [1.54, 1.807) is 30.2 Å². The minimum absolute atomic E-state index is 0.103. The molecule has 1 amide bonds. The summed E-state index contributed by atoms with van der Waals surface area (Å²) in [7, 11) is 1.75. The van der Waals surface area contributed by atoms with Gasteiger partial charge in [0.15, 0.2) is 11.0 Å². The van der Waals surface area contributed by atoms with Gasteiger partial charge in [-0.05, 0) is 25.2 Å². The third kappa shape index (κ3) is 3.74. The van der Waals surface area contributed by atoms with Crippen LogP contribution in [0.5, 0.6) is 0 Å². The quantitative estimate of drug-likeness (QED) is 0.648. The van der Waals surface area contributed by atoms with E-state index < -0.39 is 0 Å². The highest BCUT2D eigenvalue weighted by molar-refractivity contribution is 7.98. The van der Waals surface area contributed by atoms with Crippen LogP contribution in [0.15, 0.2) is 23.6 Å². The first kappa shape index (κ1) is 17.2. The van der Waals surface area contributed by atoms with Crippen molar-refractivity contribution in [2.75, 3.05) is 24.2 Å². The highest BCUT2D eigenvalue weighted by atomic mass is 32.2. The molecule has 1 saturated heterocycles. The maximum atomic E-state index is 12.3. The Kier molecular flexibility index (Phi) is 5.19. The van der Waals surface area contributed by atoms with Gasteiger partial charge in [0.05, 0.1) is 6.20 Å². The summed E-state index contributed by atoms with van der Waals surface area (Å²) in [5.74, 6) is 0.570. The van der Waals surface area contributed by atoms with Gasteiger partial charge in [0.1, 0.15) is 17.3 Å². The van der Waals surface area contributed by atoms with Crippen LogP contribution in [0.1, 0.15) is 28.9 Å². The van der Waals surface area contributed by atoms with E-state index in [1.807, 2.05) is 6.26 Å². The standard InChI is InChI=1S/C16H19N7OS/c1-22-13(3-6-19-22)15(24)20-12-4-7-23(8-5-12)14-11(9-17)10-18-16(21-14)25-2/h3,6,10,12H,4-5,7-8H2,1-2H3,(H,20,24). The molecule has 9 heteroatoms. The van der Waals surface area contributed by atoms with Crippen LogP contribution in [-0.2, 0) is 7.05 Å². The molecule has 1 aliphatic rings. The zero-order valence-electron chi connectivity index (χ0n) is 14.1. The maximum Gasteiger partial charge on any atom is 0.269 e. The molecule has 8 nitrogen and oxygen atoms in total. The van der Waals surface area contributed by atoms with Gasteiger partial charge in [0.2, 0.25) is 0 Å². The number of aromatic nitrogens is 4. The van der Waals surface area contributed by atoms with E-state index in [9.17, 15) is 10.1 Å². The van der Waals surface area contributed by atoms with Crippen LogP contribution in [0.2, 0.25) is 0 Å². The van der Waals surface area contributed by atoms with E-state index in [0.29, 0.717) is 22.2 Å². The summed E-state index contributed by atoms with van der Waals surface area (Å²) >= 11 is 1.45. The molecule has 0 saturated carbocycles. The summed E-state index contributed by atoms with van der Waals surface area (Å²) in [5, 5.41) is 17.0. The number of amides is 1. The second kappa shape index (κ2) is 7.53. The molecule has 0 spiro atoms. The lowest BCUT2D eigenvalue weighted by Crippen LogP contribution is -2.45. The molecule has 0 atom stereocenters. The van der Waals surface area contributed by atoms with Crippen molar-refractivity contribution in [3.63, 3.8) is 0 Å². The van der Waals surface area contributed by atoms with Crippen LogP contribution in [-0.4, -0.2) is 51.0 Å². The molecule has 2 aromatic heterocycles. The third-order valence-corrected chi connectivity index (χ3v) is 4.79. The van der Waals surface area contributed by atoms with Crippen LogP contribution >= 0.6 is 11.8 Å². The average Bonchev–Trinajstić information content (AvgIpc) is 3.08. The smallest absolute Gasteiger partial charge is 0.269 e. The fraction of sp³-hybridized carbons (Fsp3) is 0.438. The molecule has 0 bridgehead atoms. The molecule has 3 heterocycles. The predicted octanol–water partition coefficient (Wildman–Crippen LogP) is 1.20. The number of thioether (sulfide) groups is 1. The van der Waals surface area contributed by atoms with Crippen molar-refractivity contribution in [1.82, 2.24) is 25.1 Å². The SMILES string of the molecule is CSc1ncc(C#N)c(N2CCC(NC(=O)c3ccnn3C)CC2)n1. The van der Waals surface area contributed by atoms with Crippen molar-refractivity contribution in [2.24, 2.45) is 7.05 Å². The van der Waals surface area contributed by atoms with Gasteiger partial charge in [0, 0.05) is 32.4 Å². The Morgan fingerprint density at radius 2 is 2.20 bits per heavy atom. The van der Waals surface area contributed by atoms with Gasteiger partial charge in [0.25, 0.3) is 5.91 Å². The van der Waals surface area contributed by atoms with E-state index >= 15 is 0 Å². The predicted molar refractivity (Wildman–Crippen MR) is 94.4 cm³/mol. The molecule has 1 fully saturated rings. The lowest BCUT2D eigenvalue weighted by atomic mass is 10.0.